The molecule has 0 radical (unpaired) electrons. The molecule has 1 N–H and O–H groups in total. The molecule has 1 fully saturated rings. The number of hydrazone groups is 1. The van der Waals surface area contributed by atoms with E-state index in [1.165, 1.54) is 5.56 Å². The van der Waals surface area contributed by atoms with Crippen LogP contribution in [0.2, 0.25) is 0 Å². The van der Waals surface area contributed by atoms with Gasteiger partial charge in [0.1, 0.15) is 5.37 Å². The number of hydrogen-bond donors (Lipinski definition) is 1. The summed E-state index contributed by atoms with van der Waals surface area (Å²) in [5.74, 6) is 0.303. The molecule has 1 saturated heterocycles. The number of amides is 2. The summed E-state index contributed by atoms with van der Waals surface area (Å²) in [6, 6.07) is 27.8. The van der Waals surface area contributed by atoms with Crippen LogP contribution in [-0.2, 0) is 11.3 Å². The summed E-state index contributed by atoms with van der Waals surface area (Å²) in [6.07, 6.45) is 1.68. The Balaban J connectivity index is 1.24. The zero-order valence-corrected chi connectivity index (χ0v) is 22.5. The Labute approximate surface area is 227 Å². The second-order valence-corrected chi connectivity index (χ2v) is 10.6. The van der Waals surface area contributed by atoms with Crippen LogP contribution >= 0.6 is 11.8 Å². The Hall–Kier alpha value is -4.10. The predicted molar refractivity (Wildman–Crippen MR) is 154 cm³/mol. The number of nitrogens with one attached hydrogen (secondary N) is 1. The van der Waals surface area contributed by atoms with Gasteiger partial charge in [-0.3, -0.25) is 9.59 Å². The predicted octanol–water partition coefficient (Wildman–Crippen LogP) is 5.94. The van der Waals surface area contributed by atoms with Gasteiger partial charge >= 0.3 is 0 Å². The van der Waals surface area contributed by atoms with Crippen LogP contribution in [-0.4, -0.2) is 33.2 Å². The van der Waals surface area contributed by atoms with E-state index in [2.05, 4.69) is 53.2 Å². The molecule has 1 aromatic heterocycles. The molecule has 1 aliphatic heterocycles. The molecule has 0 saturated carbocycles. The summed E-state index contributed by atoms with van der Waals surface area (Å²) >= 11 is 1.61. The number of thioether (sulfide) groups is 1. The van der Waals surface area contributed by atoms with Crippen molar-refractivity contribution in [2.45, 2.75) is 32.7 Å². The molecule has 192 valence electrons. The lowest BCUT2D eigenvalue weighted by Gasteiger charge is -2.24. The van der Waals surface area contributed by atoms with E-state index in [4.69, 9.17) is 0 Å². The van der Waals surface area contributed by atoms with Crippen molar-refractivity contribution in [1.29, 1.82) is 0 Å². The van der Waals surface area contributed by atoms with Gasteiger partial charge < -0.3 is 9.47 Å². The highest BCUT2D eigenvalue weighted by molar-refractivity contribution is 8.00. The van der Waals surface area contributed by atoms with Crippen molar-refractivity contribution in [2.75, 3.05) is 5.75 Å². The van der Waals surface area contributed by atoms with Gasteiger partial charge in [0.05, 0.1) is 12.0 Å². The number of carbonyl (C=O) groups is 2. The highest BCUT2D eigenvalue weighted by Gasteiger charge is 2.32. The average molecular weight is 523 g/mol. The van der Waals surface area contributed by atoms with Gasteiger partial charge in [-0.15, -0.1) is 11.8 Å². The summed E-state index contributed by atoms with van der Waals surface area (Å²) in [7, 11) is 0. The molecule has 0 aliphatic carbocycles. The molecule has 6 nitrogen and oxygen atoms in total. The Morgan fingerprint density at radius 2 is 1.76 bits per heavy atom. The third-order valence-corrected chi connectivity index (χ3v) is 7.98. The van der Waals surface area contributed by atoms with Gasteiger partial charge in [0.25, 0.3) is 5.91 Å². The van der Waals surface area contributed by atoms with Crippen LogP contribution in [0.4, 0.5) is 0 Å². The van der Waals surface area contributed by atoms with Crippen LogP contribution in [0.5, 0.6) is 0 Å². The molecule has 2 amide bonds. The molecule has 7 heteroatoms. The normalized spacial score (nSPS) is 15.4. The maximum atomic E-state index is 12.7. The zero-order valence-electron chi connectivity index (χ0n) is 21.7. The van der Waals surface area contributed by atoms with Gasteiger partial charge in [0, 0.05) is 34.7 Å². The first kappa shape index (κ1) is 25.5. The zero-order chi connectivity index (χ0) is 26.6. The van der Waals surface area contributed by atoms with Crippen LogP contribution in [0.1, 0.15) is 49.4 Å². The number of rotatable bonds is 7. The van der Waals surface area contributed by atoms with E-state index in [0.717, 1.165) is 33.8 Å². The maximum Gasteiger partial charge on any atom is 0.271 e. The van der Waals surface area contributed by atoms with Crippen molar-refractivity contribution in [3.8, 4) is 5.69 Å². The SMILES string of the molecule is Cc1cccc(-n2c(C)cc(/C=N\NC(=O)c3ccc([C@@H]4SCC(=O)N4Cc4ccccc4)cc3)c2C)c1. The monoisotopic (exact) mass is 522 g/mol. The van der Waals surface area contributed by atoms with Gasteiger partial charge in [0.2, 0.25) is 5.91 Å². The highest BCUT2D eigenvalue weighted by Crippen LogP contribution is 2.39. The number of carbonyl (C=O) groups excluding carboxylic acids is 2. The first-order valence-electron chi connectivity index (χ1n) is 12.5. The van der Waals surface area contributed by atoms with Crippen LogP contribution in [0, 0.1) is 20.8 Å². The molecule has 2 heterocycles. The number of benzene rings is 3. The van der Waals surface area contributed by atoms with Crippen molar-refractivity contribution >= 4 is 29.8 Å². The van der Waals surface area contributed by atoms with E-state index in [-0.39, 0.29) is 17.2 Å². The Bertz CT molecular complexity index is 1490. The number of nitrogens with zero attached hydrogens (tertiary/aromatic N) is 3. The van der Waals surface area contributed by atoms with E-state index in [1.54, 1.807) is 30.1 Å². The third-order valence-electron chi connectivity index (χ3n) is 6.72. The smallest absolute Gasteiger partial charge is 0.271 e. The molecule has 4 aromatic rings. The lowest BCUT2D eigenvalue weighted by Crippen LogP contribution is -2.27. The second kappa shape index (κ2) is 11.1. The average Bonchev–Trinajstić information content (AvgIpc) is 3.42. The summed E-state index contributed by atoms with van der Waals surface area (Å²) in [5.41, 5.74) is 10.7. The van der Waals surface area contributed by atoms with E-state index in [0.29, 0.717) is 17.9 Å². The fourth-order valence-electron chi connectivity index (χ4n) is 4.79. The van der Waals surface area contributed by atoms with Crippen LogP contribution in [0.25, 0.3) is 5.69 Å². The molecule has 0 bridgehead atoms. The second-order valence-electron chi connectivity index (χ2n) is 9.49. The lowest BCUT2D eigenvalue weighted by molar-refractivity contribution is -0.128. The van der Waals surface area contributed by atoms with Gasteiger partial charge in [-0.1, -0.05) is 54.6 Å². The fraction of sp³-hybridized carbons (Fsp3) is 0.194. The molecular weight excluding hydrogens is 492 g/mol. The standard InChI is InChI=1S/C31H30N4O2S/c1-21-8-7-11-28(16-21)35-22(2)17-27(23(35)3)18-32-33-30(37)25-12-14-26(15-13-25)31-34(29(36)20-38-31)19-24-9-5-4-6-10-24/h4-18,31H,19-20H2,1-3H3,(H,33,37)/b32-18-/t31-/m0/s1. The van der Waals surface area contributed by atoms with Crippen LogP contribution < -0.4 is 5.43 Å². The Morgan fingerprint density at radius 3 is 2.50 bits per heavy atom. The lowest BCUT2D eigenvalue weighted by atomic mass is 10.1. The van der Waals surface area contributed by atoms with Crippen molar-refractivity contribution in [2.24, 2.45) is 5.10 Å². The maximum absolute atomic E-state index is 12.7. The van der Waals surface area contributed by atoms with E-state index >= 15 is 0 Å². The Morgan fingerprint density at radius 1 is 1.00 bits per heavy atom. The van der Waals surface area contributed by atoms with Crippen molar-refractivity contribution in [3.05, 3.63) is 124 Å². The topological polar surface area (TPSA) is 66.7 Å². The van der Waals surface area contributed by atoms with Crippen molar-refractivity contribution in [1.82, 2.24) is 14.9 Å². The van der Waals surface area contributed by atoms with E-state index in [9.17, 15) is 9.59 Å². The van der Waals surface area contributed by atoms with Gasteiger partial charge in [0.15, 0.2) is 0 Å². The summed E-state index contributed by atoms with van der Waals surface area (Å²) in [6.45, 7) is 6.75. The van der Waals surface area contributed by atoms with Crippen molar-refractivity contribution < 1.29 is 9.59 Å². The molecule has 38 heavy (non-hydrogen) atoms. The fourth-order valence-corrected chi connectivity index (χ4v) is 5.98. The first-order chi connectivity index (χ1) is 18.4. The summed E-state index contributed by atoms with van der Waals surface area (Å²) in [4.78, 5) is 27.2. The number of hydrogen-bond acceptors (Lipinski definition) is 4. The summed E-state index contributed by atoms with van der Waals surface area (Å²) < 4.78 is 2.18. The van der Waals surface area contributed by atoms with Gasteiger partial charge in [-0.25, -0.2) is 5.43 Å². The van der Waals surface area contributed by atoms with Crippen LogP contribution in [0.3, 0.4) is 0 Å². The Kier molecular flexibility index (Phi) is 7.47. The quantitative estimate of drug-likeness (QED) is 0.241. The largest absolute Gasteiger partial charge is 0.322 e. The molecule has 0 spiro atoms. The molecular formula is C31H30N4O2S. The summed E-state index contributed by atoms with van der Waals surface area (Å²) in [5, 5.41) is 4.15. The highest BCUT2D eigenvalue weighted by atomic mass is 32.2. The minimum atomic E-state index is -0.281. The molecule has 3 aromatic carbocycles. The third kappa shape index (κ3) is 5.43. The van der Waals surface area contributed by atoms with Crippen LogP contribution in [0.15, 0.2) is 90.0 Å². The number of aromatic nitrogens is 1. The minimum Gasteiger partial charge on any atom is -0.322 e. The van der Waals surface area contributed by atoms with E-state index < -0.39 is 0 Å². The molecule has 1 atom stereocenters. The number of aryl methyl sites for hydroxylation is 2. The first-order valence-corrected chi connectivity index (χ1v) is 13.6. The van der Waals surface area contributed by atoms with Gasteiger partial charge in [-0.05, 0) is 67.8 Å². The molecule has 5 rings (SSSR count). The van der Waals surface area contributed by atoms with Gasteiger partial charge in [-0.2, -0.15) is 5.10 Å². The minimum absolute atomic E-state index is 0.0681. The molecule has 1 aliphatic rings. The molecule has 0 unspecified atom stereocenters. The van der Waals surface area contributed by atoms with E-state index in [1.807, 2.05) is 60.4 Å². The van der Waals surface area contributed by atoms with Crippen molar-refractivity contribution in [3.63, 3.8) is 0 Å².